The van der Waals surface area contributed by atoms with Crippen LogP contribution in [0.15, 0.2) is 21.8 Å². The molecule has 8 heteroatoms. The van der Waals surface area contributed by atoms with Crippen LogP contribution < -0.4 is 5.69 Å². The van der Waals surface area contributed by atoms with Gasteiger partial charge in [0.05, 0.1) is 0 Å². The van der Waals surface area contributed by atoms with E-state index < -0.39 is 0 Å². The number of carbonyl (C=O) groups is 1. The predicted molar refractivity (Wildman–Crippen MR) is 99.3 cm³/mol. The maximum atomic E-state index is 12.9. The van der Waals surface area contributed by atoms with E-state index in [1.807, 2.05) is 11.8 Å². The molecule has 1 amide bonds. The molecule has 1 unspecified atom stereocenters. The van der Waals surface area contributed by atoms with Crippen LogP contribution in [-0.4, -0.2) is 56.1 Å². The Bertz CT molecular complexity index is 887. The molecule has 146 valence electrons. The molecule has 8 nitrogen and oxygen atoms in total. The zero-order valence-corrected chi connectivity index (χ0v) is 16.2. The summed E-state index contributed by atoms with van der Waals surface area (Å²) >= 11 is 0. The number of piperidine rings is 1. The first-order chi connectivity index (χ1) is 12.9. The van der Waals surface area contributed by atoms with Gasteiger partial charge in [-0.3, -0.25) is 14.3 Å². The summed E-state index contributed by atoms with van der Waals surface area (Å²) in [5, 5.41) is 4.09. The molecule has 4 rings (SSSR count). The molecule has 4 heterocycles. The monoisotopic (exact) mass is 373 g/mol. The molecule has 0 bridgehead atoms. The van der Waals surface area contributed by atoms with Crippen LogP contribution in [-0.2, 0) is 13.6 Å². The van der Waals surface area contributed by atoms with E-state index >= 15 is 0 Å². The molecule has 2 aliphatic heterocycles. The van der Waals surface area contributed by atoms with Gasteiger partial charge >= 0.3 is 5.69 Å². The molecule has 2 fully saturated rings. The van der Waals surface area contributed by atoms with Gasteiger partial charge in [-0.2, -0.15) is 0 Å². The highest BCUT2D eigenvalue weighted by Crippen LogP contribution is 2.43. The summed E-state index contributed by atoms with van der Waals surface area (Å²) < 4.78 is 6.43. The van der Waals surface area contributed by atoms with Crippen LogP contribution in [0.5, 0.6) is 0 Å². The van der Waals surface area contributed by atoms with Gasteiger partial charge in [-0.05, 0) is 51.6 Å². The molecule has 2 aromatic heterocycles. The normalized spacial score (nSPS) is 22.6. The zero-order chi connectivity index (χ0) is 19.2. The average Bonchev–Trinajstić information content (AvgIpc) is 3.30. The summed E-state index contributed by atoms with van der Waals surface area (Å²) in [4.78, 5) is 31.6. The van der Waals surface area contributed by atoms with Crippen molar-refractivity contribution in [3.63, 3.8) is 0 Å². The van der Waals surface area contributed by atoms with Gasteiger partial charge in [-0.25, -0.2) is 4.79 Å². The van der Waals surface area contributed by atoms with E-state index in [0.717, 1.165) is 56.7 Å². The van der Waals surface area contributed by atoms with Crippen LogP contribution in [0.3, 0.4) is 0 Å². The van der Waals surface area contributed by atoms with Gasteiger partial charge in [0.25, 0.3) is 5.91 Å². The summed E-state index contributed by atoms with van der Waals surface area (Å²) in [6.07, 6.45) is 6.38. The second kappa shape index (κ2) is 6.67. The molecule has 27 heavy (non-hydrogen) atoms. The maximum absolute atomic E-state index is 12.9. The van der Waals surface area contributed by atoms with Gasteiger partial charge in [-0.1, -0.05) is 5.16 Å². The topological polar surface area (TPSA) is 87.4 Å². The van der Waals surface area contributed by atoms with Gasteiger partial charge in [0.2, 0.25) is 0 Å². The Labute approximate surface area is 158 Å². The van der Waals surface area contributed by atoms with Crippen LogP contribution in [0.4, 0.5) is 0 Å². The number of rotatable bonds is 3. The fourth-order valence-electron chi connectivity index (χ4n) is 4.60. The largest absolute Gasteiger partial charge is 0.364 e. The molecule has 1 spiro atoms. The van der Waals surface area contributed by atoms with Gasteiger partial charge in [0.1, 0.15) is 17.7 Å². The van der Waals surface area contributed by atoms with E-state index in [-0.39, 0.29) is 23.1 Å². The van der Waals surface area contributed by atoms with E-state index in [2.05, 4.69) is 22.0 Å². The molecule has 2 saturated heterocycles. The van der Waals surface area contributed by atoms with E-state index in [0.29, 0.717) is 5.69 Å². The minimum absolute atomic E-state index is 0.0547. The van der Waals surface area contributed by atoms with E-state index in [1.54, 1.807) is 13.3 Å². The number of aromatic amines is 1. The number of likely N-dealkylation sites (tertiary alicyclic amines) is 2. The number of imidazole rings is 1. The van der Waals surface area contributed by atoms with Crippen LogP contribution in [0.1, 0.15) is 47.9 Å². The molecule has 0 aliphatic carbocycles. The predicted octanol–water partition coefficient (Wildman–Crippen LogP) is 1.53. The lowest BCUT2D eigenvalue weighted by Gasteiger charge is -2.39. The lowest BCUT2D eigenvalue weighted by molar-refractivity contribution is 0.0677. The van der Waals surface area contributed by atoms with Crippen LogP contribution >= 0.6 is 0 Å². The van der Waals surface area contributed by atoms with Crippen molar-refractivity contribution in [3.8, 4) is 0 Å². The first-order valence-electron chi connectivity index (χ1n) is 9.56. The number of hydrogen-bond donors (Lipinski definition) is 1. The summed E-state index contributed by atoms with van der Waals surface area (Å²) in [7, 11) is 1.63. The molecule has 1 N–H and O–H groups in total. The van der Waals surface area contributed by atoms with E-state index in [9.17, 15) is 9.59 Å². The number of aryl methyl sites for hydroxylation is 1. The SMILES string of the molecule is Cc1conc1CN1CCC2(CC1)CC(C)N(C(=O)c1c[nH]c(=O)n1C)C2. The highest BCUT2D eigenvalue weighted by Gasteiger charge is 2.46. The highest BCUT2D eigenvalue weighted by molar-refractivity contribution is 5.92. The Hall–Kier alpha value is -2.35. The Morgan fingerprint density at radius 3 is 2.74 bits per heavy atom. The second-order valence-corrected chi connectivity index (χ2v) is 8.24. The van der Waals surface area contributed by atoms with Crippen molar-refractivity contribution in [2.75, 3.05) is 19.6 Å². The summed E-state index contributed by atoms with van der Waals surface area (Å²) in [5.74, 6) is -0.0547. The molecule has 2 aliphatic rings. The Morgan fingerprint density at radius 2 is 2.15 bits per heavy atom. The lowest BCUT2D eigenvalue weighted by Crippen LogP contribution is -2.42. The van der Waals surface area contributed by atoms with Crippen LogP contribution in [0, 0.1) is 12.3 Å². The lowest BCUT2D eigenvalue weighted by atomic mass is 9.76. The average molecular weight is 373 g/mol. The standard InChI is InChI=1S/C19H27N5O3/c1-13-11-27-21-15(13)10-23-6-4-19(5-7-23)8-14(2)24(12-19)17(25)16-9-20-18(26)22(16)3/h9,11,14H,4-8,10,12H2,1-3H3,(H,20,26). The molecular weight excluding hydrogens is 346 g/mol. The van der Waals surface area contributed by atoms with Crippen molar-refractivity contribution < 1.29 is 9.32 Å². The number of hydrogen-bond acceptors (Lipinski definition) is 5. The fraction of sp³-hybridized carbons (Fsp3) is 0.632. The Balaban J connectivity index is 1.41. The Morgan fingerprint density at radius 1 is 1.41 bits per heavy atom. The molecule has 1 atom stereocenters. The number of amides is 1. The van der Waals surface area contributed by atoms with Crippen molar-refractivity contribution in [1.29, 1.82) is 0 Å². The molecule has 0 aromatic carbocycles. The minimum atomic E-state index is -0.253. The number of nitrogens with one attached hydrogen (secondary N) is 1. The summed E-state index contributed by atoms with van der Waals surface area (Å²) in [6.45, 7) is 7.73. The quantitative estimate of drug-likeness (QED) is 0.882. The van der Waals surface area contributed by atoms with Gasteiger partial charge in [0.15, 0.2) is 0 Å². The van der Waals surface area contributed by atoms with Crippen molar-refractivity contribution in [3.05, 3.63) is 39.9 Å². The highest BCUT2D eigenvalue weighted by atomic mass is 16.5. The maximum Gasteiger partial charge on any atom is 0.325 e. The summed E-state index contributed by atoms with van der Waals surface area (Å²) in [6, 6.07) is 0.187. The zero-order valence-electron chi connectivity index (χ0n) is 16.2. The first kappa shape index (κ1) is 18.0. The summed E-state index contributed by atoms with van der Waals surface area (Å²) in [5.41, 5.74) is 2.47. The third-order valence-electron chi connectivity index (χ3n) is 6.38. The molecule has 0 saturated carbocycles. The van der Waals surface area contributed by atoms with E-state index in [1.165, 1.54) is 10.8 Å². The number of aromatic nitrogens is 3. The fourth-order valence-corrected chi connectivity index (χ4v) is 4.60. The third kappa shape index (κ3) is 3.22. The van der Waals surface area contributed by atoms with Crippen LogP contribution in [0.2, 0.25) is 0 Å². The first-order valence-corrected chi connectivity index (χ1v) is 9.56. The van der Waals surface area contributed by atoms with Crippen LogP contribution in [0.25, 0.3) is 0 Å². The minimum Gasteiger partial charge on any atom is -0.364 e. The van der Waals surface area contributed by atoms with Crippen molar-refractivity contribution in [2.24, 2.45) is 12.5 Å². The smallest absolute Gasteiger partial charge is 0.325 e. The number of carbonyl (C=O) groups excluding carboxylic acids is 1. The van der Waals surface area contributed by atoms with Crippen molar-refractivity contribution >= 4 is 5.91 Å². The van der Waals surface area contributed by atoms with Crippen molar-refractivity contribution in [2.45, 2.75) is 45.7 Å². The van der Waals surface area contributed by atoms with E-state index in [4.69, 9.17) is 4.52 Å². The van der Waals surface area contributed by atoms with Crippen molar-refractivity contribution in [1.82, 2.24) is 24.5 Å². The Kier molecular flexibility index (Phi) is 4.46. The van der Waals surface area contributed by atoms with Gasteiger partial charge < -0.3 is 14.4 Å². The molecule has 2 aromatic rings. The molecule has 0 radical (unpaired) electrons. The molecular formula is C19H27N5O3. The van der Waals surface area contributed by atoms with Gasteiger partial charge in [-0.15, -0.1) is 0 Å². The number of H-pyrrole nitrogens is 1. The van der Waals surface area contributed by atoms with Gasteiger partial charge in [0, 0.05) is 37.9 Å². The number of nitrogens with zero attached hydrogens (tertiary/aromatic N) is 4. The third-order valence-corrected chi connectivity index (χ3v) is 6.38. The second-order valence-electron chi connectivity index (χ2n) is 8.24.